The second kappa shape index (κ2) is 8.28. The summed E-state index contributed by atoms with van der Waals surface area (Å²) in [6, 6.07) is 11.9. The van der Waals surface area contributed by atoms with Crippen molar-refractivity contribution >= 4 is 39.0 Å². The number of carbonyl (C=O) groups excluding carboxylic acids is 2. The molecule has 2 aromatic carbocycles. The molecular weight excluding hydrogens is 369 g/mol. The maximum absolute atomic E-state index is 14.2. The van der Waals surface area contributed by atoms with E-state index in [-0.39, 0.29) is 11.5 Å². The lowest BCUT2D eigenvalue weighted by Gasteiger charge is -2.08. The van der Waals surface area contributed by atoms with Crippen molar-refractivity contribution in [2.75, 3.05) is 19.0 Å². The first-order valence-corrected chi connectivity index (χ1v) is 9.03. The molecule has 5 nitrogen and oxygen atoms in total. The monoisotopic (exact) mass is 387 g/mol. The van der Waals surface area contributed by atoms with Crippen molar-refractivity contribution in [2.45, 2.75) is 13.5 Å². The predicted molar refractivity (Wildman–Crippen MR) is 103 cm³/mol. The molecule has 0 unspecified atom stereocenters. The van der Waals surface area contributed by atoms with Crippen molar-refractivity contribution in [1.29, 1.82) is 0 Å². The molecule has 1 amide bonds. The number of ether oxygens (including phenoxy) is 2. The average molecular weight is 387 g/mol. The van der Waals surface area contributed by atoms with Crippen LogP contribution in [0, 0.1) is 12.7 Å². The van der Waals surface area contributed by atoms with Gasteiger partial charge in [0, 0.05) is 28.4 Å². The summed E-state index contributed by atoms with van der Waals surface area (Å²) in [6.45, 7) is 1.55. The summed E-state index contributed by atoms with van der Waals surface area (Å²) >= 11 is 1.12. The fraction of sp³-hybridized carbons (Fsp3) is 0.200. The minimum absolute atomic E-state index is 0.0703. The minimum Gasteiger partial charge on any atom is -0.451 e. The van der Waals surface area contributed by atoms with E-state index in [2.05, 4.69) is 5.32 Å². The van der Waals surface area contributed by atoms with Crippen LogP contribution >= 0.6 is 11.3 Å². The number of anilines is 1. The van der Waals surface area contributed by atoms with Crippen molar-refractivity contribution in [2.24, 2.45) is 0 Å². The van der Waals surface area contributed by atoms with E-state index >= 15 is 0 Å². The third-order valence-electron chi connectivity index (χ3n) is 3.87. The van der Waals surface area contributed by atoms with E-state index in [9.17, 15) is 14.0 Å². The summed E-state index contributed by atoms with van der Waals surface area (Å²) in [4.78, 5) is 24.7. The Balaban J connectivity index is 1.73. The van der Waals surface area contributed by atoms with Gasteiger partial charge in [0.1, 0.15) is 10.7 Å². The molecular formula is C20H18FNO4S. The number of halogens is 1. The van der Waals surface area contributed by atoms with Crippen LogP contribution in [-0.2, 0) is 20.9 Å². The number of amides is 1. The Morgan fingerprint density at radius 2 is 1.96 bits per heavy atom. The van der Waals surface area contributed by atoms with E-state index in [1.165, 1.54) is 13.2 Å². The number of thiophene rings is 1. The number of rotatable bonds is 6. The number of fused-ring (bicyclic) bond motifs is 1. The number of esters is 1. The van der Waals surface area contributed by atoms with Crippen LogP contribution in [0.1, 0.15) is 20.8 Å². The van der Waals surface area contributed by atoms with Gasteiger partial charge in [-0.3, -0.25) is 4.79 Å². The molecule has 0 aliphatic rings. The smallest absolute Gasteiger partial charge is 0.349 e. The molecule has 0 saturated heterocycles. The Kier molecular flexibility index (Phi) is 5.83. The van der Waals surface area contributed by atoms with Crippen LogP contribution in [0.25, 0.3) is 10.1 Å². The average Bonchev–Trinajstić information content (AvgIpc) is 3.00. The van der Waals surface area contributed by atoms with Gasteiger partial charge in [-0.25, -0.2) is 9.18 Å². The molecule has 0 atom stereocenters. The number of nitrogens with one attached hydrogen (secondary N) is 1. The Bertz CT molecular complexity index is 999. The van der Waals surface area contributed by atoms with Gasteiger partial charge in [-0.15, -0.1) is 11.3 Å². The number of methoxy groups -OCH3 is 1. The largest absolute Gasteiger partial charge is 0.451 e. The van der Waals surface area contributed by atoms with Gasteiger partial charge in [0.05, 0.1) is 6.61 Å². The van der Waals surface area contributed by atoms with Gasteiger partial charge >= 0.3 is 5.97 Å². The molecule has 3 aromatic rings. The van der Waals surface area contributed by atoms with Crippen LogP contribution in [-0.4, -0.2) is 25.6 Å². The number of carbonyl (C=O) groups is 2. The fourth-order valence-electron chi connectivity index (χ4n) is 2.73. The Morgan fingerprint density at radius 1 is 1.19 bits per heavy atom. The molecule has 3 rings (SSSR count). The lowest BCUT2D eigenvalue weighted by Crippen LogP contribution is -2.21. The van der Waals surface area contributed by atoms with Gasteiger partial charge < -0.3 is 14.8 Å². The molecule has 0 aliphatic heterocycles. The molecule has 1 aromatic heterocycles. The lowest BCUT2D eigenvalue weighted by atomic mass is 10.1. The van der Waals surface area contributed by atoms with Crippen molar-refractivity contribution in [3.8, 4) is 0 Å². The summed E-state index contributed by atoms with van der Waals surface area (Å²) < 4.78 is 25.0. The summed E-state index contributed by atoms with van der Waals surface area (Å²) in [6.07, 6.45) is 0. The molecule has 0 fully saturated rings. The molecule has 0 spiro atoms. The zero-order valence-corrected chi connectivity index (χ0v) is 15.7. The fourth-order valence-corrected chi connectivity index (χ4v) is 3.85. The molecule has 0 saturated carbocycles. The third kappa shape index (κ3) is 4.32. The third-order valence-corrected chi connectivity index (χ3v) is 5.05. The quantitative estimate of drug-likeness (QED) is 0.641. The Labute approximate surface area is 159 Å². The number of benzene rings is 2. The van der Waals surface area contributed by atoms with Gasteiger partial charge in [0.2, 0.25) is 0 Å². The van der Waals surface area contributed by atoms with E-state index in [0.29, 0.717) is 21.3 Å². The topological polar surface area (TPSA) is 64.6 Å². The van der Waals surface area contributed by atoms with Crippen LogP contribution < -0.4 is 5.32 Å². The van der Waals surface area contributed by atoms with Gasteiger partial charge in [-0.2, -0.15) is 0 Å². The highest BCUT2D eigenvalue weighted by Gasteiger charge is 2.22. The normalized spacial score (nSPS) is 10.8. The zero-order valence-electron chi connectivity index (χ0n) is 14.9. The molecule has 0 bridgehead atoms. The highest BCUT2D eigenvalue weighted by molar-refractivity contribution is 7.21. The SMILES string of the molecule is COCc1c(C(=O)OCC(=O)Nc2cccc(C)c2)sc2cccc(F)c12. The zero-order chi connectivity index (χ0) is 19.4. The van der Waals surface area contributed by atoms with Crippen LogP contribution in [0.2, 0.25) is 0 Å². The molecule has 0 aliphatic carbocycles. The number of hydrogen-bond acceptors (Lipinski definition) is 5. The first kappa shape index (κ1) is 19.0. The van der Waals surface area contributed by atoms with E-state index in [1.807, 2.05) is 25.1 Å². The molecule has 1 N–H and O–H groups in total. The highest BCUT2D eigenvalue weighted by Crippen LogP contribution is 2.34. The minimum atomic E-state index is -0.679. The van der Waals surface area contributed by atoms with Crippen LogP contribution in [0.3, 0.4) is 0 Å². The summed E-state index contributed by atoms with van der Waals surface area (Å²) in [5.41, 5.74) is 2.06. The van der Waals surface area contributed by atoms with Crippen molar-refractivity contribution < 1.29 is 23.5 Å². The summed E-state index contributed by atoms with van der Waals surface area (Å²) in [5, 5.41) is 3.02. The molecule has 7 heteroatoms. The highest BCUT2D eigenvalue weighted by atomic mass is 32.1. The molecule has 27 heavy (non-hydrogen) atoms. The first-order valence-electron chi connectivity index (χ1n) is 8.22. The lowest BCUT2D eigenvalue weighted by molar-refractivity contribution is -0.119. The maximum Gasteiger partial charge on any atom is 0.349 e. The van der Waals surface area contributed by atoms with Crippen molar-refractivity contribution in [3.63, 3.8) is 0 Å². The van der Waals surface area contributed by atoms with Crippen LogP contribution in [0.4, 0.5) is 10.1 Å². The second-order valence-corrected chi connectivity index (χ2v) is 7.00. The predicted octanol–water partition coefficient (Wildman–Crippen LogP) is 4.29. The van der Waals surface area contributed by atoms with E-state index in [0.717, 1.165) is 16.9 Å². The van der Waals surface area contributed by atoms with E-state index in [1.54, 1.807) is 18.2 Å². The molecule has 0 radical (unpaired) electrons. The van der Waals surface area contributed by atoms with Crippen molar-refractivity contribution in [1.82, 2.24) is 0 Å². The van der Waals surface area contributed by atoms with E-state index in [4.69, 9.17) is 9.47 Å². The van der Waals surface area contributed by atoms with Crippen LogP contribution in [0.15, 0.2) is 42.5 Å². The second-order valence-electron chi connectivity index (χ2n) is 5.95. The van der Waals surface area contributed by atoms with Gasteiger partial charge in [0.15, 0.2) is 6.61 Å². The van der Waals surface area contributed by atoms with Gasteiger partial charge in [-0.05, 0) is 36.8 Å². The Morgan fingerprint density at radius 3 is 2.70 bits per heavy atom. The first-order chi connectivity index (χ1) is 13.0. The summed E-state index contributed by atoms with van der Waals surface area (Å²) in [5.74, 6) is -1.55. The maximum atomic E-state index is 14.2. The standard InChI is InChI=1S/C20H18FNO4S/c1-12-5-3-6-13(9-12)22-17(23)11-26-20(24)19-14(10-25-2)18-15(21)7-4-8-16(18)27-19/h3-9H,10-11H2,1-2H3,(H,22,23). The summed E-state index contributed by atoms with van der Waals surface area (Å²) in [7, 11) is 1.47. The molecule has 1 heterocycles. The number of aryl methyl sites for hydroxylation is 1. The van der Waals surface area contributed by atoms with Crippen molar-refractivity contribution in [3.05, 3.63) is 64.3 Å². The van der Waals surface area contributed by atoms with E-state index < -0.39 is 24.3 Å². The Hall–Kier alpha value is -2.77. The van der Waals surface area contributed by atoms with Crippen LogP contribution in [0.5, 0.6) is 0 Å². The number of hydrogen-bond donors (Lipinski definition) is 1. The molecule has 140 valence electrons. The van der Waals surface area contributed by atoms with Gasteiger partial charge in [-0.1, -0.05) is 18.2 Å². The van der Waals surface area contributed by atoms with Gasteiger partial charge in [0.25, 0.3) is 5.91 Å².